The third kappa shape index (κ3) is 5.76. The van der Waals surface area contributed by atoms with E-state index in [9.17, 15) is 23.1 Å². The van der Waals surface area contributed by atoms with Crippen LogP contribution in [0, 0.1) is 0 Å². The van der Waals surface area contributed by atoms with Crippen LogP contribution in [0.4, 0.5) is 13.2 Å². The fourth-order valence-electron chi connectivity index (χ4n) is 2.29. The molecule has 0 aliphatic heterocycles. The van der Waals surface area contributed by atoms with Crippen molar-refractivity contribution in [2.24, 2.45) is 0 Å². The zero-order chi connectivity index (χ0) is 19.2. The van der Waals surface area contributed by atoms with Crippen LogP contribution in [0.3, 0.4) is 0 Å². The maximum atomic E-state index is 12.5. The molecule has 0 amide bonds. The van der Waals surface area contributed by atoms with Gasteiger partial charge in [-0.3, -0.25) is 4.68 Å². The Bertz CT molecular complexity index is 731. The monoisotopic (exact) mass is 372 g/mol. The van der Waals surface area contributed by atoms with Gasteiger partial charge in [0.15, 0.2) is 6.10 Å². The standard InChI is InChI=1S/C17H19F3N2O4/c1-2-25-16(24)14(23)9-12-5-3-4-6-15(12)26-10-13-7-8-21-22(13)11-17(18,19)20/h3-8,14,23H,2,9-11H2,1H3. The van der Waals surface area contributed by atoms with E-state index in [2.05, 4.69) is 5.10 Å². The second-order valence-electron chi connectivity index (χ2n) is 5.46. The number of carbonyl (C=O) groups is 1. The van der Waals surface area contributed by atoms with Crippen molar-refractivity contribution >= 4 is 5.97 Å². The second-order valence-corrected chi connectivity index (χ2v) is 5.46. The number of para-hydroxylation sites is 1. The number of aromatic nitrogens is 2. The molecule has 1 N–H and O–H groups in total. The third-order valence-electron chi connectivity index (χ3n) is 3.45. The zero-order valence-corrected chi connectivity index (χ0v) is 14.1. The van der Waals surface area contributed by atoms with Crippen LogP contribution < -0.4 is 4.74 Å². The summed E-state index contributed by atoms with van der Waals surface area (Å²) < 4.78 is 48.8. The van der Waals surface area contributed by atoms with Crippen molar-refractivity contribution < 1.29 is 32.5 Å². The van der Waals surface area contributed by atoms with Crippen LogP contribution in [0.1, 0.15) is 18.2 Å². The molecule has 9 heteroatoms. The van der Waals surface area contributed by atoms with E-state index < -0.39 is 24.8 Å². The van der Waals surface area contributed by atoms with E-state index in [1.54, 1.807) is 31.2 Å². The number of alkyl halides is 3. The van der Waals surface area contributed by atoms with Gasteiger partial charge >= 0.3 is 12.1 Å². The SMILES string of the molecule is CCOC(=O)C(O)Cc1ccccc1OCc1ccnn1CC(F)(F)F. The highest BCUT2D eigenvalue weighted by atomic mass is 19.4. The van der Waals surface area contributed by atoms with Crippen LogP contribution in [0.5, 0.6) is 5.75 Å². The van der Waals surface area contributed by atoms with E-state index in [1.807, 2.05) is 0 Å². The summed E-state index contributed by atoms with van der Waals surface area (Å²) in [6.07, 6.45) is -4.50. The number of hydrogen-bond acceptors (Lipinski definition) is 5. The first-order valence-corrected chi connectivity index (χ1v) is 7.93. The first-order valence-electron chi connectivity index (χ1n) is 7.93. The number of halogens is 3. The van der Waals surface area contributed by atoms with Gasteiger partial charge in [-0.05, 0) is 24.6 Å². The largest absolute Gasteiger partial charge is 0.487 e. The average molecular weight is 372 g/mol. The molecule has 0 aliphatic carbocycles. The van der Waals surface area contributed by atoms with E-state index in [0.29, 0.717) is 11.3 Å². The molecule has 1 heterocycles. The number of hydrogen-bond donors (Lipinski definition) is 1. The first-order chi connectivity index (χ1) is 12.3. The van der Waals surface area contributed by atoms with Crippen LogP contribution in [-0.4, -0.2) is 39.7 Å². The first kappa shape index (κ1) is 19.8. The van der Waals surface area contributed by atoms with Crippen molar-refractivity contribution in [1.29, 1.82) is 0 Å². The van der Waals surface area contributed by atoms with Gasteiger partial charge < -0.3 is 14.6 Å². The van der Waals surface area contributed by atoms with E-state index in [0.717, 1.165) is 4.68 Å². The molecular weight excluding hydrogens is 353 g/mol. The summed E-state index contributed by atoms with van der Waals surface area (Å²) in [6.45, 7) is 0.438. The van der Waals surface area contributed by atoms with Gasteiger partial charge in [-0.15, -0.1) is 0 Å². The van der Waals surface area contributed by atoms with Gasteiger partial charge in [-0.2, -0.15) is 18.3 Å². The summed E-state index contributed by atoms with van der Waals surface area (Å²) in [5, 5.41) is 13.5. The lowest BCUT2D eigenvalue weighted by Crippen LogP contribution is -2.25. The van der Waals surface area contributed by atoms with E-state index in [1.165, 1.54) is 12.3 Å². The number of aliphatic hydroxyl groups is 1. The molecule has 2 rings (SSSR count). The van der Waals surface area contributed by atoms with Crippen LogP contribution in [-0.2, 0) is 29.1 Å². The predicted molar refractivity (Wildman–Crippen MR) is 85.4 cm³/mol. The minimum absolute atomic E-state index is 0.0309. The number of ether oxygens (including phenoxy) is 2. The van der Waals surface area contributed by atoms with Gasteiger partial charge in [0.2, 0.25) is 0 Å². The van der Waals surface area contributed by atoms with Gasteiger partial charge in [0.05, 0.1) is 12.3 Å². The van der Waals surface area contributed by atoms with Crippen molar-refractivity contribution in [3.05, 3.63) is 47.8 Å². The molecule has 1 atom stereocenters. The quantitative estimate of drug-likeness (QED) is 0.721. The van der Waals surface area contributed by atoms with Gasteiger partial charge in [-0.1, -0.05) is 18.2 Å². The topological polar surface area (TPSA) is 73.6 Å². The van der Waals surface area contributed by atoms with Gasteiger partial charge in [-0.25, -0.2) is 4.79 Å². The lowest BCUT2D eigenvalue weighted by molar-refractivity contribution is -0.152. The Morgan fingerprint density at radius 2 is 2.04 bits per heavy atom. The third-order valence-corrected chi connectivity index (χ3v) is 3.45. The van der Waals surface area contributed by atoms with Crippen LogP contribution in [0.2, 0.25) is 0 Å². The summed E-state index contributed by atoms with van der Waals surface area (Å²) >= 11 is 0. The van der Waals surface area contributed by atoms with Gasteiger partial charge in [0.1, 0.15) is 18.9 Å². The number of esters is 1. The van der Waals surface area contributed by atoms with Crippen LogP contribution in [0.25, 0.3) is 0 Å². The molecule has 0 saturated carbocycles. The van der Waals surface area contributed by atoms with E-state index in [-0.39, 0.29) is 25.3 Å². The Hall–Kier alpha value is -2.55. The highest BCUT2D eigenvalue weighted by Gasteiger charge is 2.29. The van der Waals surface area contributed by atoms with Crippen molar-refractivity contribution in [2.45, 2.75) is 38.8 Å². The summed E-state index contributed by atoms with van der Waals surface area (Å²) in [6, 6.07) is 8.08. The highest BCUT2D eigenvalue weighted by molar-refractivity contribution is 5.74. The second kappa shape index (κ2) is 8.70. The molecule has 2 aromatic rings. The summed E-state index contributed by atoms with van der Waals surface area (Å²) in [7, 11) is 0. The number of nitrogens with zero attached hydrogens (tertiary/aromatic N) is 2. The summed E-state index contributed by atoms with van der Waals surface area (Å²) in [5.41, 5.74) is 0.790. The minimum Gasteiger partial charge on any atom is -0.487 e. The lowest BCUT2D eigenvalue weighted by atomic mass is 10.1. The highest BCUT2D eigenvalue weighted by Crippen LogP contribution is 2.22. The number of rotatable bonds is 8. The molecule has 1 unspecified atom stereocenters. The molecule has 1 aromatic heterocycles. The molecule has 1 aromatic carbocycles. The van der Waals surface area contributed by atoms with E-state index >= 15 is 0 Å². The summed E-state index contributed by atoms with van der Waals surface area (Å²) in [4.78, 5) is 11.5. The molecule has 0 aliphatic rings. The van der Waals surface area contributed by atoms with Crippen molar-refractivity contribution in [1.82, 2.24) is 9.78 Å². The Labute approximate surface area is 148 Å². The Kier molecular flexibility index (Phi) is 6.62. The van der Waals surface area contributed by atoms with Crippen molar-refractivity contribution in [2.75, 3.05) is 6.61 Å². The molecular formula is C17H19F3N2O4. The molecule has 6 nitrogen and oxygen atoms in total. The molecule has 0 radical (unpaired) electrons. The molecule has 0 bridgehead atoms. The maximum Gasteiger partial charge on any atom is 0.408 e. The average Bonchev–Trinajstić information content (AvgIpc) is 2.99. The van der Waals surface area contributed by atoms with E-state index in [4.69, 9.17) is 9.47 Å². The maximum absolute atomic E-state index is 12.5. The predicted octanol–water partition coefficient (Wildman–Crippen LogP) is 2.49. The molecule has 26 heavy (non-hydrogen) atoms. The molecule has 0 saturated heterocycles. The minimum atomic E-state index is -4.39. The fourth-order valence-corrected chi connectivity index (χ4v) is 2.29. The number of benzene rings is 1. The molecule has 0 fully saturated rings. The molecule has 0 spiro atoms. The van der Waals surface area contributed by atoms with Crippen LogP contribution in [0.15, 0.2) is 36.5 Å². The lowest BCUT2D eigenvalue weighted by Gasteiger charge is -2.15. The van der Waals surface area contributed by atoms with Crippen LogP contribution >= 0.6 is 0 Å². The number of aliphatic hydroxyl groups excluding tert-OH is 1. The van der Waals surface area contributed by atoms with Crippen molar-refractivity contribution in [3.8, 4) is 5.75 Å². The van der Waals surface area contributed by atoms with Crippen molar-refractivity contribution in [3.63, 3.8) is 0 Å². The Morgan fingerprint density at radius 1 is 1.31 bits per heavy atom. The Morgan fingerprint density at radius 3 is 2.73 bits per heavy atom. The zero-order valence-electron chi connectivity index (χ0n) is 14.1. The normalized spacial score (nSPS) is 12.7. The van der Waals surface area contributed by atoms with Gasteiger partial charge in [0.25, 0.3) is 0 Å². The smallest absolute Gasteiger partial charge is 0.408 e. The summed E-state index contributed by atoms with van der Waals surface area (Å²) in [5.74, 6) is -0.388. The van der Waals surface area contributed by atoms with Gasteiger partial charge in [0, 0.05) is 12.6 Å². The molecule has 142 valence electrons. The Balaban J connectivity index is 2.05. The fraction of sp³-hybridized carbons (Fsp3) is 0.412. The number of carbonyl (C=O) groups excluding carboxylic acids is 1.